The van der Waals surface area contributed by atoms with Crippen LogP contribution in [0.4, 0.5) is 0 Å². The number of carbonyl (C=O) groups is 2. The number of hydrogen-bond donors (Lipinski definition) is 0. The zero-order valence-corrected chi connectivity index (χ0v) is 11.2. The zero-order chi connectivity index (χ0) is 13.8. The number of hydroxylamine groups is 2. The van der Waals surface area contributed by atoms with E-state index in [1.165, 1.54) is 0 Å². The summed E-state index contributed by atoms with van der Waals surface area (Å²) in [7, 11) is 1.76. The van der Waals surface area contributed by atoms with E-state index < -0.39 is 0 Å². The van der Waals surface area contributed by atoms with Crippen LogP contribution in [0, 0.1) is 0 Å². The molecule has 1 saturated heterocycles. The van der Waals surface area contributed by atoms with Gasteiger partial charge in [-0.25, -0.2) is 4.79 Å². The Morgan fingerprint density at radius 1 is 1.26 bits per heavy atom. The van der Waals surface area contributed by atoms with Crippen molar-refractivity contribution in [2.45, 2.75) is 19.4 Å². The van der Waals surface area contributed by atoms with Gasteiger partial charge in [-0.1, -0.05) is 18.2 Å². The highest BCUT2D eigenvalue weighted by molar-refractivity contribution is 5.89. The van der Waals surface area contributed by atoms with Gasteiger partial charge in [-0.15, -0.1) is 5.06 Å². The first kappa shape index (κ1) is 13.5. The summed E-state index contributed by atoms with van der Waals surface area (Å²) in [5, 5.41) is 1.59. The molecule has 1 aliphatic rings. The molecule has 1 heterocycles. The smallest absolute Gasteiger partial charge is 0.357 e. The summed E-state index contributed by atoms with van der Waals surface area (Å²) < 4.78 is 0. The summed E-state index contributed by atoms with van der Waals surface area (Å²) in [6, 6.07) is 8.74. The number of nitrogens with zero attached hydrogens (tertiary/aromatic N) is 2. The summed E-state index contributed by atoms with van der Waals surface area (Å²) in [6.07, 6.45) is 0.360. The van der Waals surface area contributed by atoms with Crippen molar-refractivity contribution in [2.75, 3.05) is 20.1 Å². The minimum absolute atomic E-state index is 0.0748. The van der Waals surface area contributed by atoms with Gasteiger partial charge in [0.2, 0.25) is 5.91 Å². The fourth-order valence-electron chi connectivity index (χ4n) is 1.97. The highest BCUT2D eigenvalue weighted by atomic mass is 16.7. The first-order chi connectivity index (χ1) is 9.08. The highest BCUT2D eigenvalue weighted by Crippen LogP contribution is 2.13. The minimum Gasteiger partial charge on any atom is -0.364 e. The molecule has 5 nitrogen and oxygen atoms in total. The monoisotopic (exact) mass is 262 g/mol. The fraction of sp³-hybridized carbons (Fsp3) is 0.429. The third-order valence-electron chi connectivity index (χ3n) is 3.25. The second-order valence-corrected chi connectivity index (χ2v) is 4.75. The van der Waals surface area contributed by atoms with E-state index in [1.807, 2.05) is 13.0 Å². The number of rotatable bonds is 2. The third kappa shape index (κ3) is 3.32. The Bertz CT molecular complexity index is 461. The molecule has 1 unspecified atom stereocenters. The van der Waals surface area contributed by atoms with Crippen molar-refractivity contribution in [1.29, 1.82) is 0 Å². The number of amides is 1. The average Bonchev–Trinajstić information content (AvgIpc) is 2.53. The number of likely N-dealkylation sites (N-methyl/N-ethyl adjacent to an activating group) is 1. The van der Waals surface area contributed by atoms with Crippen molar-refractivity contribution in [3.05, 3.63) is 35.9 Å². The Morgan fingerprint density at radius 2 is 1.95 bits per heavy atom. The maximum Gasteiger partial charge on any atom is 0.357 e. The second kappa shape index (κ2) is 5.84. The van der Waals surface area contributed by atoms with Gasteiger partial charge in [-0.3, -0.25) is 4.79 Å². The lowest BCUT2D eigenvalue weighted by Gasteiger charge is -2.24. The summed E-state index contributed by atoms with van der Waals surface area (Å²) >= 11 is 0. The molecule has 0 bridgehead atoms. The van der Waals surface area contributed by atoms with Crippen LogP contribution >= 0.6 is 0 Å². The molecule has 1 atom stereocenters. The van der Waals surface area contributed by atoms with E-state index in [2.05, 4.69) is 0 Å². The van der Waals surface area contributed by atoms with Gasteiger partial charge < -0.3 is 9.74 Å². The van der Waals surface area contributed by atoms with Crippen LogP contribution < -0.4 is 0 Å². The Balaban J connectivity index is 2.02. The van der Waals surface area contributed by atoms with E-state index in [-0.39, 0.29) is 17.9 Å². The van der Waals surface area contributed by atoms with E-state index in [0.717, 1.165) is 0 Å². The number of carbonyl (C=O) groups excluding carboxylic acids is 2. The molecular weight excluding hydrogens is 244 g/mol. The van der Waals surface area contributed by atoms with Gasteiger partial charge in [0.25, 0.3) is 0 Å². The van der Waals surface area contributed by atoms with Gasteiger partial charge in [-0.2, -0.15) is 0 Å². The van der Waals surface area contributed by atoms with E-state index in [0.29, 0.717) is 25.1 Å². The first-order valence-electron chi connectivity index (χ1n) is 6.36. The van der Waals surface area contributed by atoms with Gasteiger partial charge in [-0.05, 0) is 19.1 Å². The Kier molecular flexibility index (Phi) is 4.16. The molecule has 0 N–H and O–H groups in total. The predicted octanol–water partition coefficient (Wildman–Crippen LogP) is 1.31. The summed E-state index contributed by atoms with van der Waals surface area (Å²) in [4.78, 5) is 30.7. The Morgan fingerprint density at radius 3 is 2.63 bits per heavy atom. The lowest BCUT2D eigenvalue weighted by Crippen LogP contribution is -2.36. The van der Waals surface area contributed by atoms with Crippen LogP contribution in [0.1, 0.15) is 23.7 Å². The molecule has 0 radical (unpaired) electrons. The third-order valence-corrected chi connectivity index (χ3v) is 3.25. The topological polar surface area (TPSA) is 49.9 Å². The van der Waals surface area contributed by atoms with Crippen LogP contribution in [0.25, 0.3) is 0 Å². The van der Waals surface area contributed by atoms with Crippen LogP contribution in [0.5, 0.6) is 0 Å². The zero-order valence-electron chi connectivity index (χ0n) is 11.2. The molecule has 1 amide bonds. The maximum absolute atomic E-state index is 12.0. The predicted molar refractivity (Wildman–Crippen MR) is 70.3 cm³/mol. The molecular formula is C14H18N2O3. The number of hydrogen-bond acceptors (Lipinski definition) is 4. The molecule has 0 saturated carbocycles. The molecule has 1 aromatic carbocycles. The minimum atomic E-state index is -0.385. The van der Waals surface area contributed by atoms with Crippen LogP contribution in [-0.2, 0) is 9.63 Å². The average molecular weight is 262 g/mol. The van der Waals surface area contributed by atoms with E-state index in [9.17, 15) is 9.59 Å². The Hall–Kier alpha value is -1.88. The van der Waals surface area contributed by atoms with Gasteiger partial charge in [0.1, 0.15) is 0 Å². The Labute approximate surface area is 112 Å². The fourth-order valence-corrected chi connectivity index (χ4v) is 1.97. The van der Waals surface area contributed by atoms with Crippen molar-refractivity contribution in [3.8, 4) is 0 Å². The number of benzene rings is 1. The molecule has 1 aliphatic heterocycles. The second-order valence-electron chi connectivity index (χ2n) is 4.75. The normalized spacial score (nSPS) is 21.1. The van der Waals surface area contributed by atoms with E-state index in [1.54, 1.807) is 41.3 Å². The standard InChI is InChI=1S/C14H18N2O3/c1-11-10-13(17)15(2)8-9-16(11)19-14(18)12-6-4-3-5-7-12/h3-7,11H,8-10H2,1-2H3. The molecule has 0 spiro atoms. The first-order valence-corrected chi connectivity index (χ1v) is 6.36. The van der Waals surface area contributed by atoms with Crippen molar-refractivity contribution >= 4 is 11.9 Å². The molecule has 2 rings (SSSR count). The summed E-state index contributed by atoms with van der Waals surface area (Å²) in [5.74, 6) is -0.310. The van der Waals surface area contributed by atoms with E-state index in [4.69, 9.17) is 4.84 Å². The SMILES string of the molecule is CC1CC(=O)N(C)CCN1OC(=O)c1ccccc1. The maximum atomic E-state index is 12.0. The molecule has 0 aliphatic carbocycles. The van der Waals surface area contributed by atoms with Crippen LogP contribution in [-0.4, -0.2) is 48.0 Å². The molecule has 102 valence electrons. The highest BCUT2D eigenvalue weighted by Gasteiger charge is 2.27. The quantitative estimate of drug-likeness (QED) is 0.806. The van der Waals surface area contributed by atoms with Crippen molar-refractivity contribution in [2.24, 2.45) is 0 Å². The van der Waals surface area contributed by atoms with E-state index >= 15 is 0 Å². The lowest BCUT2D eigenvalue weighted by atomic mass is 10.2. The van der Waals surface area contributed by atoms with Crippen LogP contribution in [0.2, 0.25) is 0 Å². The van der Waals surface area contributed by atoms with Crippen LogP contribution in [0.3, 0.4) is 0 Å². The van der Waals surface area contributed by atoms with Gasteiger partial charge >= 0.3 is 5.97 Å². The van der Waals surface area contributed by atoms with Crippen molar-refractivity contribution in [3.63, 3.8) is 0 Å². The summed E-state index contributed by atoms with van der Waals surface area (Å²) in [5.41, 5.74) is 0.513. The van der Waals surface area contributed by atoms with Gasteiger partial charge in [0, 0.05) is 20.0 Å². The summed E-state index contributed by atoms with van der Waals surface area (Å²) in [6.45, 7) is 2.97. The molecule has 1 aromatic rings. The van der Waals surface area contributed by atoms with Crippen LogP contribution in [0.15, 0.2) is 30.3 Å². The largest absolute Gasteiger partial charge is 0.364 e. The molecule has 5 heteroatoms. The van der Waals surface area contributed by atoms with Crippen molar-refractivity contribution < 1.29 is 14.4 Å². The molecule has 19 heavy (non-hydrogen) atoms. The van der Waals surface area contributed by atoms with Gasteiger partial charge in [0.15, 0.2) is 0 Å². The van der Waals surface area contributed by atoms with Crippen molar-refractivity contribution in [1.82, 2.24) is 9.96 Å². The molecule has 0 aromatic heterocycles. The lowest BCUT2D eigenvalue weighted by molar-refractivity contribution is -0.137. The van der Waals surface area contributed by atoms with Gasteiger partial charge in [0.05, 0.1) is 18.2 Å². The molecule has 1 fully saturated rings.